The highest BCUT2D eigenvalue weighted by atomic mass is 32.2. The Kier molecular flexibility index (Phi) is 5.26. The molecule has 0 bridgehead atoms. The highest BCUT2D eigenvalue weighted by Crippen LogP contribution is 2.65. The Hall–Kier alpha value is -2.82. The largest absolute Gasteiger partial charge is 0.368 e. The molecule has 0 spiro atoms. The minimum Gasteiger partial charge on any atom is -0.368 e. The van der Waals surface area contributed by atoms with E-state index in [1.54, 1.807) is 12.1 Å². The van der Waals surface area contributed by atoms with Gasteiger partial charge in [-0.15, -0.1) is 0 Å². The number of nitrogen functional groups attached to an aromatic ring is 1. The lowest BCUT2D eigenvalue weighted by molar-refractivity contribution is 0.0658. The zero-order valence-electron chi connectivity index (χ0n) is 18.1. The number of halogens is 3. The molecule has 7 nitrogen and oxygen atoms in total. The minimum atomic E-state index is -2.47. The van der Waals surface area contributed by atoms with Crippen molar-refractivity contribution in [2.24, 2.45) is 17.8 Å². The fraction of sp³-hybridized carbons (Fsp3) is 0.455. The van der Waals surface area contributed by atoms with E-state index in [-0.39, 0.29) is 29.3 Å². The smallest absolute Gasteiger partial charge is 0.278 e. The summed E-state index contributed by atoms with van der Waals surface area (Å²) in [6.07, 6.45) is 2.49. The van der Waals surface area contributed by atoms with Crippen molar-refractivity contribution in [1.29, 1.82) is 0 Å². The molecule has 3 N–H and O–H groups in total. The Morgan fingerprint density at radius 3 is 2.67 bits per heavy atom. The van der Waals surface area contributed by atoms with Crippen molar-refractivity contribution in [3.63, 3.8) is 0 Å². The Labute approximate surface area is 192 Å². The van der Waals surface area contributed by atoms with Crippen molar-refractivity contribution >= 4 is 34.7 Å². The number of nitrogens with one attached hydrogen (secondary N) is 1. The predicted molar refractivity (Wildman–Crippen MR) is 123 cm³/mol. The standard InChI is InChI=1S/C22H23F3N6OS/c1-10(2)31-19-17(8-27-21(26)29-19)28-18(20(31)32)12-3-4-16(15(23)7-12)30-33-9-11-5-13-14(6-11)22(13,24)25/h3-4,7-8,10-11,13-14,30H,5-6,9H2,1-2H3,(H2,26,27,29). The van der Waals surface area contributed by atoms with Gasteiger partial charge < -0.3 is 10.5 Å². The van der Waals surface area contributed by atoms with Crippen LogP contribution in [0, 0.1) is 23.6 Å². The van der Waals surface area contributed by atoms with Crippen LogP contribution in [0.5, 0.6) is 0 Å². The molecule has 2 aliphatic carbocycles. The molecule has 5 rings (SSSR count). The number of benzene rings is 1. The van der Waals surface area contributed by atoms with Crippen LogP contribution in [0.1, 0.15) is 32.7 Å². The maximum Gasteiger partial charge on any atom is 0.278 e. The molecule has 2 unspecified atom stereocenters. The fourth-order valence-electron chi connectivity index (χ4n) is 4.72. The molecule has 2 saturated carbocycles. The summed E-state index contributed by atoms with van der Waals surface area (Å²) in [5.41, 5.74) is 6.66. The summed E-state index contributed by atoms with van der Waals surface area (Å²) >= 11 is 1.31. The number of nitrogens with two attached hydrogens (primary N) is 1. The van der Waals surface area contributed by atoms with E-state index in [9.17, 15) is 18.0 Å². The first-order chi connectivity index (χ1) is 15.7. The van der Waals surface area contributed by atoms with Crippen molar-refractivity contribution in [3.8, 4) is 11.3 Å². The van der Waals surface area contributed by atoms with Crippen LogP contribution in [-0.4, -0.2) is 31.2 Å². The first-order valence-electron chi connectivity index (χ1n) is 10.8. The van der Waals surface area contributed by atoms with Crippen LogP contribution in [0.4, 0.5) is 24.8 Å². The highest BCUT2D eigenvalue weighted by Gasteiger charge is 2.71. The molecule has 0 saturated heterocycles. The summed E-state index contributed by atoms with van der Waals surface area (Å²) in [5, 5.41) is 0. The molecule has 2 aromatic heterocycles. The third-order valence-electron chi connectivity index (χ3n) is 6.45. The second kappa shape index (κ2) is 7.89. The number of nitrogens with zero attached hydrogens (tertiary/aromatic N) is 4. The Morgan fingerprint density at radius 1 is 1.27 bits per heavy atom. The third kappa shape index (κ3) is 3.81. The van der Waals surface area contributed by atoms with Gasteiger partial charge in [0.1, 0.15) is 17.0 Å². The summed E-state index contributed by atoms with van der Waals surface area (Å²) in [7, 11) is 0. The second-order valence-electron chi connectivity index (χ2n) is 9.00. The molecule has 1 aromatic carbocycles. The van der Waals surface area contributed by atoms with E-state index in [1.807, 2.05) is 13.8 Å². The summed E-state index contributed by atoms with van der Waals surface area (Å²) in [4.78, 5) is 25.6. The van der Waals surface area contributed by atoms with Gasteiger partial charge in [-0.25, -0.2) is 23.1 Å². The maximum atomic E-state index is 14.8. The van der Waals surface area contributed by atoms with Crippen LogP contribution in [-0.2, 0) is 0 Å². The second-order valence-corrected chi connectivity index (χ2v) is 9.83. The number of fused-ring (bicyclic) bond motifs is 2. The molecule has 0 radical (unpaired) electrons. The SMILES string of the molecule is CC(C)n1c(=O)c(-c2ccc(NSCC3CC4C(C3)C4(F)F)c(F)c2)nc2cnc(N)nc21. The van der Waals surface area contributed by atoms with Crippen molar-refractivity contribution in [3.05, 3.63) is 40.6 Å². The molecule has 11 heteroatoms. The van der Waals surface area contributed by atoms with Crippen LogP contribution in [0.3, 0.4) is 0 Å². The quantitative estimate of drug-likeness (QED) is 0.505. The van der Waals surface area contributed by atoms with E-state index in [0.29, 0.717) is 35.3 Å². The molecule has 0 amide bonds. The number of aromatic nitrogens is 4. The molecule has 3 aromatic rings. The van der Waals surface area contributed by atoms with Gasteiger partial charge in [-0.1, -0.05) is 18.0 Å². The Bertz CT molecular complexity index is 1280. The average molecular weight is 477 g/mol. The molecular weight excluding hydrogens is 453 g/mol. The van der Waals surface area contributed by atoms with Crippen LogP contribution >= 0.6 is 11.9 Å². The lowest BCUT2D eigenvalue weighted by Crippen LogP contribution is -2.26. The van der Waals surface area contributed by atoms with Crippen molar-refractivity contribution < 1.29 is 13.2 Å². The lowest BCUT2D eigenvalue weighted by atomic mass is 10.1. The summed E-state index contributed by atoms with van der Waals surface area (Å²) in [6.45, 7) is 3.67. The number of hydrogen-bond donors (Lipinski definition) is 2. The van der Waals surface area contributed by atoms with Gasteiger partial charge in [0.2, 0.25) is 5.95 Å². The van der Waals surface area contributed by atoms with E-state index >= 15 is 0 Å². The van der Waals surface area contributed by atoms with E-state index in [0.717, 1.165) is 0 Å². The van der Waals surface area contributed by atoms with Crippen molar-refractivity contribution in [2.45, 2.75) is 38.7 Å². The molecule has 2 heterocycles. The average Bonchev–Trinajstić information content (AvgIpc) is 3.08. The van der Waals surface area contributed by atoms with Gasteiger partial charge in [-0.2, -0.15) is 4.98 Å². The van der Waals surface area contributed by atoms with E-state index in [1.165, 1.54) is 28.8 Å². The fourth-order valence-corrected chi connectivity index (χ4v) is 5.63. The van der Waals surface area contributed by atoms with Crippen LogP contribution in [0.25, 0.3) is 22.4 Å². The first kappa shape index (κ1) is 22.0. The van der Waals surface area contributed by atoms with Crippen molar-refractivity contribution in [2.75, 3.05) is 16.2 Å². The summed E-state index contributed by atoms with van der Waals surface area (Å²) in [5.74, 6) is -3.05. The van der Waals surface area contributed by atoms with Gasteiger partial charge in [-0.3, -0.25) is 9.36 Å². The predicted octanol–water partition coefficient (Wildman–Crippen LogP) is 4.51. The van der Waals surface area contributed by atoms with Gasteiger partial charge in [0.25, 0.3) is 11.5 Å². The maximum absolute atomic E-state index is 14.8. The van der Waals surface area contributed by atoms with Gasteiger partial charge >= 0.3 is 0 Å². The Balaban J connectivity index is 1.34. The van der Waals surface area contributed by atoms with Gasteiger partial charge in [-0.05, 0) is 44.7 Å². The van der Waals surface area contributed by atoms with Gasteiger partial charge in [0.15, 0.2) is 5.65 Å². The molecule has 0 aliphatic heterocycles. The number of alkyl halides is 2. The molecule has 2 fully saturated rings. The number of anilines is 2. The number of hydrogen-bond acceptors (Lipinski definition) is 7. The molecule has 33 heavy (non-hydrogen) atoms. The third-order valence-corrected chi connectivity index (χ3v) is 7.45. The topological polar surface area (TPSA) is 98.7 Å². The van der Waals surface area contributed by atoms with Crippen molar-refractivity contribution in [1.82, 2.24) is 19.5 Å². The van der Waals surface area contributed by atoms with E-state index in [4.69, 9.17) is 5.73 Å². The lowest BCUT2D eigenvalue weighted by Gasteiger charge is -2.16. The van der Waals surface area contributed by atoms with Crippen LogP contribution in [0.15, 0.2) is 29.2 Å². The van der Waals surface area contributed by atoms with Crippen LogP contribution < -0.4 is 16.0 Å². The van der Waals surface area contributed by atoms with Gasteiger partial charge in [0.05, 0.1) is 11.9 Å². The van der Waals surface area contributed by atoms with E-state index in [2.05, 4.69) is 19.7 Å². The Morgan fingerprint density at radius 2 is 2.00 bits per heavy atom. The monoisotopic (exact) mass is 476 g/mol. The van der Waals surface area contributed by atoms with Crippen LogP contribution in [0.2, 0.25) is 0 Å². The molecule has 2 aliphatic rings. The molecule has 174 valence electrons. The van der Waals surface area contributed by atoms with E-state index < -0.39 is 29.1 Å². The number of rotatable bonds is 6. The summed E-state index contributed by atoms with van der Waals surface area (Å²) in [6, 6.07) is 4.20. The molecular formula is C22H23F3N6OS. The summed E-state index contributed by atoms with van der Waals surface area (Å²) < 4.78 is 45.9. The first-order valence-corrected chi connectivity index (χ1v) is 11.8. The molecule has 2 atom stereocenters. The normalized spacial score (nSPS) is 23.2. The van der Waals surface area contributed by atoms with Gasteiger partial charge in [0, 0.05) is 29.2 Å². The zero-order chi connectivity index (χ0) is 23.5. The highest BCUT2D eigenvalue weighted by molar-refractivity contribution is 8.00. The zero-order valence-corrected chi connectivity index (χ0v) is 18.9. The minimum absolute atomic E-state index is 0.0353.